The number of aromatic nitrogens is 2. The first-order valence-corrected chi connectivity index (χ1v) is 13.8. The van der Waals surface area contributed by atoms with Gasteiger partial charge in [0.1, 0.15) is 5.75 Å². The molecule has 0 bridgehead atoms. The topological polar surface area (TPSA) is 78.9 Å². The fourth-order valence-corrected chi connectivity index (χ4v) is 4.75. The quantitative estimate of drug-likeness (QED) is 0.390. The summed E-state index contributed by atoms with van der Waals surface area (Å²) in [5.74, 6) is 1.89. The highest BCUT2D eigenvalue weighted by Crippen LogP contribution is 2.22. The Labute approximate surface area is 231 Å². The first-order chi connectivity index (χ1) is 18.9. The number of amides is 2. The summed E-state index contributed by atoms with van der Waals surface area (Å²) in [5.41, 5.74) is 2.94. The third kappa shape index (κ3) is 8.02. The lowest BCUT2D eigenvalue weighted by Crippen LogP contribution is -2.45. The Hall–Kier alpha value is -3.94. The van der Waals surface area contributed by atoms with Crippen molar-refractivity contribution in [2.75, 3.05) is 51.3 Å². The van der Waals surface area contributed by atoms with Crippen molar-refractivity contribution in [3.05, 3.63) is 72.3 Å². The van der Waals surface area contributed by atoms with E-state index in [1.54, 1.807) is 12.0 Å². The Morgan fingerprint density at radius 3 is 2.36 bits per heavy atom. The number of carbonyl (C=O) groups excluding carboxylic acids is 2. The van der Waals surface area contributed by atoms with Gasteiger partial charge in [-0.15, -0.1) is 10.2 Å². The predicted molar refractivity (Wildman–Crippen MR) is 154 cm³/mol. The predicted octanol–water partition coefficient (Wildman–Crippen LogP) is 4.31. The first kappa shape index (κ1) is 28.1. The van der Waals surface area contributed by atoms with Gasteiger partial charge in [0.25, 0.3) is 0 Å². The summed E-state index contributed by atoms with van der Waals surface area (Å²) in [6.07, 6.45) is 2.01. The van der Waals surface area contributed by atoms with Gasteiger partial charge in [0.2, 0.25) is 11.8 Å². The summed E-state index contributed by atoms with van der Waals surface area (Å²) < 4.78 is 5.23. The summed E-state index contributed by atoms with van der Waals surface area (Å²) in [6.45, 7) is 7.45. The fraction of sp³-hybridized carbons (Fsp3) is 0.419. The lowest BCUT2D eigenvalue weighted by molar-refractivity contribution is -0.140. The molecule has 1 fully saturated rings. The summed E-state index contributed by atoms with van der Waals surface area (Å²) >= 11 is 0. The number of hydrogen-bond donors (Lipinski definition) is 0. The molecule has 1 aliphatic rings. The number of carbonyl (C=O) groups is 2. The molecule has 1 saturated heterocycles. The van der Waals surface area contributed by atoms with E-state index in [-0.39, 0.29) is 24.3 Å². The van der Waals surface area contributed by atoms with Gasteiger partial charge in [-0.25, -0.2) is 0 Å². The maximum absolute atomic E-state index is 13.3. The molecular formula is C31H39N5O3. The van der Waals surface area contributed by atoms with Crippen molar-refractivity contribution in [1.82, 2.24) is 20.0 Å². The molecule has 2 aromatic carbocycles. The monoisotopic (exact) mass is 529 g/mol. The molecule has 39 heavy (non-hydrogen) atoms. The van der Waals surface area contributed by atoms with Gasteiger partial charge in [-0.2, -0.15) is 0 Å². The van der Waals surface area contributed by atoms with Crippen LogP contribution in [-0.2, 0) is 16.0 Å². The van der Waals surface area contributed by atoms with Crippen LogP contribution in [0.15, 0.2) is 66.7 Å². The first-order valence-electron chi connectivity index (χ1n) is 13.8. The number of hydrogen-bond acceptors (Lipinski definition) is 6. The molecule has 2 heterocycles. The highest BCUT2D eigenvalue weighted by Gasteiger charge is 2.24. The van der Waals surface area contributed by atoms with E-state index in [4.69, 9.17) is 4.74 Å². The van der Waals surface area contributed by atoms with Crippen LogP contribution in [0.25, 0.3) is 11.3 Å². The van der Waals surface area contributed by atoms with Gasteiger partial charge >= 0.3 is 0 Å². The number of benzene rings is 2. The summed E-state index contributed by atoms with van der Waals surface area (Å²) in [5, 5.41) is 8.91. The number of rotatable bonds is 10. The van der Waals surface area contributed by atoms with E-state index in [1.165, 1.54) is 0 Å². The Morgan fingerprint density at radius 2 is 1.69 bits per heavy atom. The number of anilines is 1. The van der Waals surface area contributed by atoms with Gasteiger partial charge in [-0.3, -0.25) is 9.59 Å². The van der Waals surface area contributed by atoms with E-state index in [2.05, 4.69) is 27.2 Å². The summed E-state index contributed by atoms with van der Waals surface area (Å²) in [4.78, 5) is 32.1. The van der Waals surface area contributed by atoms with Crippen molar-refractivity contribution in [1.29, 1.82) is 0 Å². The summed E-state index contributed by atoms with van der Waals surface area (Å²) in [6, 6.07) is 21.8. The normalized spacial score (nSPS) is 13.7. The zero-order valence-corrected chi connectivity index (χ0v) is 23.3. The van der Waals surface area contributed by atoms with Crippen LogP contribution in [-0.4, -0.2) is 78.2 Å². The van der Waals surface area contributed by atoms with Gasteiger partial charge in [0, 0.05) is 44.7 Å². The van der Waals surface area contributed by atoms with Crippen molar-refractivity contribution in [3.63, 3.8) is 0 Å². The molecule has 8 heteroatoms. The largest absolute Gasteiger partial charge is 0.497 e. The van der Waals surface area contributed by atoms with E-state index >= 15 is 0 Å². The lowest BCUT2D eigenvalue weighted by atomic mass is 10.1. The van der Waals surface area contributed by atoms with Gasteiger partial charge < -0.3 is 19.4 Å². The van der Waals surface area contributed by atoms with E-state index in [1.807, 2.05) is 73.3 Å². The molecule has 0 radical (unpaired) electrons. The third-order valence-electron chi connectivity index (χ3n) is 6.98. The highest BCUT2D eigenvalue weighted by molar-refractivity contribution is 5.85. The SMILES string of the molecule is COc1ccc(-c2ccc(N3CCCN(C(=O)CN(CCc4ccccc4)C(=O)CC(C)C)CC3)nn2)cc1. The van der Waals surface area contributed by atoms with E-state index in [9.17, 15) is 9.59 Å². The van der Waals surface area contributed by atoms with Crippen LogP contribution < -0.4 is 9.64 Å². The number of methoxy groups -OCH3 is 1. The Balaban J connectivity index is 1.35. The van der Waals surface area contributed by atoms with Crippen molar-refractivity contribution < 1.29 is 14.3 Å². The molecule has 0 aliphatic carbocycles. The summed E-state index contributed by atoms with van der Waals surface area (Å²) in [7, 11) is 1.65. The molecule has 0 atom stereocenters. The molecule has 8 nitrogen and oxygen atoms in total. The second-order valence-corrected chi connectivity index (χ2v) is 10.4. The van der Waals surface area contributed by atoms with Crippen molar-refractivity contribution in [3.8, 4) is 17.0 Å². The molecule has 1 aromatic heterocycles. The second kappa shape index (κ2) is 13.7. The van der Waals surface area contributed by atoms with Crippen LogP contribution in [0.4, 0.5) is 5.82 Å². The van der Waals surface area contributed by atoms with Crippen molar-refractivity contribution >= 4 is 17.6 Å². The number of ether oxygens (including phenoxy) is 1. The highest BCUT2D eigenvalue weighted by atomic mass is 16.5. The smallest absolute Gasteiger partial charge is 0.242 e. The molecule has 1 aliphatic heterocycles. The van der Waals surface area contributed by atoms with Gasteiger partial charge in [0.15, 0.2) is 5.82 Å². The van der Waals surface area contributed by atoms with Gasteiger partial charge in [0.05, 0.1) is 19.3 Å². The average Bonchev–Trinajstić information content (AvgIpc) is 3.22. The van der Waals surface area contributed by atoms with Crippen LogP contribution in [0.2, 0.25) is 0 Å². The zero-order chi connectivity index (χ0) is 27.6. The maximum atomic E-state index is 13.3. The molecule has 2 amide bonds. The molecule has 206 valence electrons. The molecule has 3 aromatic rings. The molecule has 4 rings (SSSR count). The van der Waals surface area contributed by atoms with Crippen LogP contribution in [0, 0.1) is 5.92 Å². The Morgan fingerprint density at radius 1 is 0.923 bits per heavy atom. The van der Waals surface area contributed by atoms with E-state index in [0.717, 1.165) is 47.8 Å². The van der Waals surface area contributed by atoms with Crippen LogP contribution in [0.3, 0.4) is 0 Å². The molecular weight excluding hydrogens is 490 g/mol. The molecule has 0 saturated carbocycles. The van der Waals surface area contributed by atoms with E-state index in [0.29, 0.717) is 32.6 Å². The van der Waals surface area contributed by atoms with E-state index < -0.39 is 0 Å². The minimum atomic E-state index is 0.00274. The maximum Gasteiger partial charge on any atom is 0.242 e. The van der Waals surface area contributed by atoms with Crippen LogP contribution >= 0.6 is 0 Å². The molecule has 0 N–H and O–H groups in total. The van der Waals surface area contributed by atoms with Gasteiger partial charge in [-0.05, 0) is 60.7 Å². The standard InChI is InChI=1S/C31H39N5O3/c1-24(2)22-30(37)36(19-16-25-8-5-4-6-9-25)23-31(38)35-18-7-17-34(20-21-35)29-15-14-28(32-33-29)26-10-12-27(39-3)13-11-26/h4-6,8-15,24H,7,16-23H2,1-3H3. The van der Waals surface area contributed by atoms with Crippen LogP contribution in [0.1, 0.15) is 32.3 Å². The van der Waals surface area contributed by atoms with Crippen molar-refractivity contribution in [2.45, 2.75) is 33.1 Å². The van der Waals surface area contributed by atoms with Gasteiger partial charge in [-0.1, -0.05) is 44.2 Å². The number of nitrogens with zero attached hydrogens (tertiary/aromatic N) is 5. The zero-order valence-electron chi connectivity index (χ0n) is 23.3. The van der Waals surface area contributed by atoms with Crippen LogP contribution in [0.5, 0.6) is 5.75 Å². The minimum absolute atomic E-state index is 0.00274. The van der Waals surface area contributed by atoms with Crippen molar-refractivity contribution in [2.24, 2.45) is 5.92 Å². The second-order valence-electron chi connectivity index (χ2n) is 10.4. The Kier molecular flexibility index (Phi) is 9.89. The Bertz CT molecular complexity index is 1200. The molecule has 0 unspecified atom stereocenters. The fourth-order valence-electron chi connectivity index (χ4n) is 4.75. The minimum Gasteiger partial charge on any atom is -0.497 e. The average molecular weight is 530 g/mol. The molecule has 0 spiro atoms. The third-order valence-corrected chi connectivity index (χ3v) is 6.98. The lowest BCUT2D eigenvalue weighted by Gasteiger charge is -2.27.